The molecule has 0 bridgehead atoms. The molecule has 0 fully saturated rings. The lowest BCUT2D eigenvalue weighted by Gasteiger charge is -2.06. The molecule has 0 aliphatic heterocycles. The smallest absolute Gasteiger partial charge is 0.243 e. The van der Waals surface area contributed by atoms with Crippen molar-refractivity contribution in [3.8, 4) is 10.6 Å². The molecular weight excluding hydrogens is 348 g/mol. The minimum absolute atomic E-state index is 0.117. The number of carbonyl (C=O) groups is 1. The number of nitrogens with zero attached hydrogens (tertiary/aromatic N) is 2. The third kappa shape index (κ3) is 3.57. The Morgan fingerprint density at radius 1 is 1.15 bits per heavy atom. The second-order valence-electron chi connectivity index (χ2n) is 5.79. The molecule has 4 aromatic rings. The van der Waals surface area contributed by atoms with Gasteiger partial charge in [0.2, 0.25) is 5.91 Å². The van der Waals surface area contributed by atoms with Gasteiger partial charge in [-0.3, -0.25) is 4.79 Å². The van der Waals surface area contributed by atoms with Gasteiger partial charge in [-0.2, -0.15) is 0 Å². The average molecular weight is 364 g/mol. The molecule has 0 unspecified atom stereocenters. The number of aromatic nitrogens is 2. The van der Waals surface area contributed by atoms with Crippen LogP contribution in [0, 0.1) is 6.92 Å². The molecule has 0 spiro atoms. The molecule has 2 aromatic heterocycles. The molecule has 0 aliphatic rings. The zero-order valence-corrected chi connectivity index (χ0v) is 14.8. The maximum absolute atomic E-state index is 12.0. The van der Waals surface area contributed by atoms with Gasteiger partial charge in [0.15, 0.2) is 5.82 Å². The third-order valence-electron chi connectivity index (χ3n) is 3.77. The van der Waals surface area contributed by atoms with Crippen LogP contribution in [0.1, 0.15) is 5.76 Å². The van der Waals surface area contributed by atoms with Crippen LogP contribution in [0.2, 0.25) is 0 Å². The van der Waals surface area contributed by atoms with Crippen molar-refractivity contribution in [1.29, 1.82) is 0 Å². The van der Waals surface area contributed by atoms with E-state index in [0.29, 0.717) is 11.6 Å². The first-order chi connectivity index (χ1) is 12.7. The molecular formula is C19H16N4O2S. The Bertz CT molecular complexity index is 1020. The first-order valence-electron chi connectivity index (χ1n) is 8.10. The average Bonchev–Trinajstić information content (AvgIpc) is 3.26. The normalized spacial score (nSPS) is 10.8. The van der Waals surface area contributed by atoms with Crippen molar-refractivity contribution in [2.75, 3.05) is 17.2 Å². The Labute approximate surface area is 153 Å². The molecule has 26 heavy (non-hydrogen) atoms. The molecule has 4 rings (SSSR count). The molecule has 1 amide bonds. The summed E-state index contributed by atoms with van der Waals surface area (Å²) in [5.74, 6) is 1.08. The van der Waals surface area contributed by atoms with Crippen molar-refractivity contribution >= 4 is 39.0 Å². The zero-order valence-electron chi connectivity index (χ0n) is 14.0. The third-order valence-corrected chi connectivity index (χ3v) is 4.85. The Morgan fingerprint density at radius 3 is 2.69 bits per heavy atom. The van der Waals surface area contributed by atoms with Crippen molar-refractivity contribution in [2.45, 2.75) is 6.92 Å². The topological polar surface area (TPSA) is 80.0 Å². The van der Waals surface area contributed by atoms with Gasteiger partial charge in [0.1, 0.15) is 10.8 Å². The SMILES string of the molecule is Cc1cc(NCC(=O)Nc2ccc(-c3nc4ccccc4s3)cc2)no1. The Kier molecular flexibility index (Phi) is 4.37. The molecule has 6 nitrogen and oxygen atoms in total. The quantitative estimate of drug-likeness (QED) is 0.551. The molecule has 0 saturated heterocycles. The summed E-state index contributed by atoms with van der Waals surface area (Å²) >= 11 is 1.65. The van der Waals surface area contributed by atoms with Gasteiger partial charge in [-0.1, -0.05) is 17.3 Å². The number of hydrogen-bond acceptors (Lipinski definition) is 6. The van der Waals surface area contributed by atoms with Crippen molar-refractivity contribution in [1.82, 2.24) is 10.1 Å². The van der Waals surface area contributed by atoms with E-state index in [1.165, 1.54) is 0 Å². The number of rotatable bonds is 5. The Morgan fingerprint density at radius 2 is 1.96 bits per heavy atom. The van der Waals surface area contributed by atoms with Crippen molar-refractivity contribution in [3.63, 3.8) is 0 Å². The fourth-order valence-corrected chi connectivity index (χ4v) is 3.49. The summed E-state index contributed by atoms with van der Waals surface area (Å²) < 4.78 is 6.10. The van der Waals surface area contributed by atoms with E-state index < -0.39 is 0 Å². The van der Waals surface area contributed by atoms with E-state index in [2.05, 4.69) is 26.8 Å². The van der Waals surface area contributed by atoms with Crippen LogP contribution in [0.5, 0.6) is 0 Å². The van der Waals surface area contributed by atoms with E-state index in [1.54, 1.807) is 24.3 Å². The maximum Gasteiger partial charge on any atom is 0.243 e. The molecule has 7 heteroatoms. The lowest BCUT2D eigenvalue weighted by atomic mass is 10.2. The van der Waals surface area contributed by atoms with Crippen LogP contribution >= 0.6 is 11.3 Å². The molecule has 2 heterocycles. The highest BCUT2D eigenvalue weighted by Crippen LogP contribution is 2.30. The second-order valence-corrected chi connectivity index (χ2v) is 6.82. The number of carbonyl (C=O) groups excluding carboxylic acids is 1. The number of anilines is 2. The first-order valence-corrected chi connectivity index (χ1v) is 8.92. The van der Waals surface area contributed by atoms with E-state index in [1.807, 2.05) is 42.5 Å². The van der Waals surface area contributed by atoms with Gasteiger partial charge in [0.25, 0.3) is 0 Å². The first kappa shape index (κ1) is 16.3. The van der Waals surface area contributed by atoms with Gasteiger partial charge in [-0.25, -0.2) is 4.98 Å². The van der Waals surface area contributed by atoms with E-state index >= 15 is 0 Å². The fraction of sp³-hybridized carbons (Fsp3) is 0.105. The van der Waals surface area contributed by atoms with Gasteiger partial charge in [0, 0.05) is 17.3 Å². The number of thiazole rings is 1. The largest absolute Gasteiger partial charge is 0.360 e. The highest BCUT2D eigenvalue weighted by atomic mass is 32.1. The Balaban J connectivity index is 1.40. The van der Waals surface area contributed by atoms with Crippen LogP contribution in [0.4, 0.5) is 11.5 Å². The van der Waals surface area contributed by atoms with Gasteiger partial charge in [0.05, 0.1) is 16.8 Å². The predicted molar refractivity (Wildman–Crippen MR) is 103 cm³/mol. The van der Waals surface area contributed by atoms with Crippen LogP contribution < -0.4 is 10.6 Å². The number of nitrogens with one attached hydrogen (secondary N) is 2. The summed E-state index contributed by atoms with van der Waals surface area (Å²) in [4.78, 5) is 16.7. The number of amides is 1. The highest BCUT2D eigenvalue weighted by molar-refractivity contribution is 7.21. The van der Waals surface area contributed by atoms with Gasteiger partial charge >= 0.3 is 0 Å². The van der Waals surface area contributed by atoms with Gasteiger partial charge in [-0.15, -0.1) is 11.3 Å². The number of benzene rings is 2. The second kappa shape index (κ2) is 6.97. The minimum atomic E-state index is -0.154. The lowest BCUT2D eigenvalue weighted by molar-refractivity contribution is -0.114. The number of para-hydroxylation sites is 1. The molecule has 2 N–H and O–H groups in total. The molecule has 130 valence electrons. The predicted octanol–water partition coefficient (Wildman–Crippen LogP) is 4.31. The summed E-state index contributed by atoms with van der Waals surface area (Å²) in [5, 5.41) is 10.5. The molecule has 0 saturated carbocycles. The van der Waals surface area contributed by atoms with Crippen LogP contribution in [0.25, 0.3) is 20.8 Å². The molecule has 0 aliphatic carbocycles. The zero-order chi connectivity index (χ0) is 17.9. The number of hydrogen-bond donors (Lipinski definition) is 2. The fourth-order valence-electron chi connectivity index (χ4n) is 2.52. The minimum Gasteiger partial charge on any atom is -0.360 e. The summed E-state index contributed by atoms with van der Waals surface area (Å²) in [5.41, 5.74) is 2.76. The van der Waals surface area contributed by atoms with Crippen LogP contribution in [-0.2, 0) is 4.79 Å². The highest BCUT2D eigenvalue weighted by Gasteiger charge is 2.08. The molecule has 0 atom stereocenters. The number of aryl methyl sites for hydroxylation is 1. The maximum atomic E-state index is 12.0. The van der Waals surface area contributed by atoms with Crippen LogP contribution in [0.3, 0.4) is 0 Å². The van der Waals surface area contributed by atoms with E-state index in [-0.39, 0.29) is 12.5 Å². The standard InChI is InChI=1S/C19H16N4O2S/c1-12-10-17(23-25-12)20-11-18(24)21-14-8-6-13(7-9-14)19-22-15-4-2-3-5-16(15)26-19/h2-10H,11H2,1H3,(H,20,23)(H,21,24). The summed E-state index contributed by atoms with van der Waals surface area (Å²) in [6.45, 7) is 1.91. The van der Waals surface area contributed by atoms with Gasteiger partial charge in [-0.05, 0) is 43.3 Å². The van der Waals surface area contributed by atoms with Gasteiger partial charge < -0.3 is 15.2 Å². The molecule has 2 aromatic carbocycles. The van der Waals surface area contributed by atoms with E-state index in [9.17, 15) is 4.79 Å². The van der Waals surface area contributed by atoms with Crippen LogP contribution in [-0.4, -0.2) is 22.6 Å². The lowest BCUT2D eigenvalue weighted by Crippen LogP contribution is -2.21. The van der Waals surface area contributed by atoms with E-state index in [0.717, 1.165) is 26.5 Å². The van der Waals surface area contributed by atoms with Crippen molar-refractivity contribution in [2.24, 2.45) is 0 Å². The summed E-state index contributed by atoms with van der Waals surface area (Å²) in [6, 6.07) is 17.5. The number of fused-ring (bicyclic) bond motifs is 1. The monoisotopic (exact) mass is 364 g/mol. The molecule has 0 radical (unpaired) electrons. The van der Waals surface area contributed by atoms with Crippen molar-refractivity contribution < 1.29 is 9.32 Å². The van der Waals surface area contributed by atoms with Crippen LogP contribution in [0.15, 0.2) is 59.1 Å². The Hall–Kier alpha value is -3.19. The summed E-state index contributed by atoms with van der Waals surface area (Å²) in [7, 11) is 0. The summed E-state index contributed by atoms with van der Waals surface area (Å²) in [6.07, 6.45) is 0. The van der Waals surface area contributed by atoms with E-state index in [4.69, 9.17) is 4.52 Å². The van der Waals surface area contributed by atoms with Crippen molar-refractivity contribution in [3.05, 3.63) is 60.4 Å².